The molecule has 0 spiro atoms. The number of ether oxygens (including phenoxy) is 1. The lowest BCUT2D eigenvalue weighted by atomic mass is 10.1. The summed E-state index contributed by atoms with van der Waals surface area (Å²) in [4.78, 5) is 0. The van der Waals surface area contributed by atoms with E-state index in [0.29, 0.717) is 18.3 Å². The van der Waals surface area contributed by atoms with Gasteiger partial charge >= 0.3 is 0 Å². The van der Waals surface area contributed by atoms with Crippen molar-refractivity contribution in [2.24, 2.45) is 5.92 Å². The predicted molar refractivity (Wildman–Crippen MR) is 51.4 cm³/mol. The van der Waals surface area contributed by atoms with Crippen molar-refractivity contribution >= 4 is 0 Å². The van der Waals surface area contributed by atoms with Crippen molar-refractivity contribution < 1.29 is 9.13 Å². The zero-order valence-electron chi connectivity index (χ0n) is 8.09. The van der Waals surface area contributed by atoms with Crippen molar-refractivity contribution in [2.75, 3.05) is 6.61 Å². The van der Waals surface area contributed by atoms with E-state index in [9.17, 15) is 4.39 Å². The SMILES string of the molecule is CCC(C)COc1ccccc1F. The van der Waals surface area contributed by atoms with Crippen molar-refractivity contribution in [3.05, 3.63) is 30.1 Å². The average molecular weight is 182 g/mol. The first kappa shape index (κ1) is 10.0. The van der Waals surface area contributed by atoms with Crippen LogP contribution in [0.5, 0.6) is 5.75 Å². The molecule has 1 aromatic carbocycles. The molecule has 72 valence electrons. The highest BCUT2D eigenvalue weighted by Gasteiger charge is 2.03. The predicted octanol–water partition coefficient (Wildman–Crippen LogP) is 3.25. The summed E-state index contributed by atoms with van der Waals surface area (Å²) in [5, 5.41) is 0. The van der Waals surface area contributed by atoms with Crippen LogP contribution in [-0.4, -0.2) is 6.61 Å². The molecular weight excluding hydrogens is 167 g/mol. The fourth-order valence-corrected chi connectivity index (χ4v) is 0.912. The third-order valence-corrected chi connectivity index (χ3v) is 2.06. The highest BCUT2D eigenvalue weighted by Crippen LogP contribution is 2.16. The zero-order valence-corrected chi connectivity index (χ0v) is 8.09. The lowest BCUT2D eigenvalue weighted by Gasteiger charge is -2.10. The molecule has 0 aliphatic rings. The number of halogens is 1. The maximum absolute atomic E-state index is 13.0. The molecule has 2 heteroatoms. The van der Waals surface area contributed by atoms with E-state index in [-0.39, 0.29) is 5.82 Å². The number of benzene rings is 1. The van der Waals surface area contributed by atoms with Crippen LogP contribution >= 0.6 is 0 Å². The van der Waals surface area contributed by atoms with E-state index in [4.69, 9.17) is 4.74 Å². The first-order valence-corrected chi connectivity index (χ1v) is 4.61. The molecule has 1 aromatic rings. The Balaban J connectivity index is 2.50. The monoisotopic (exact) mass is 182 g/mol. The van der Waals surface area contributed by atoms with Gasteiger partial charge in [-0.15, -0.1) is 0 Å². The Hall–Kier alpha value is -1.05. The molecule has 1 atom stereocenters. The number of hydrogen-bond acceptors (Lipinski definition) is 1. The van der Waals surface area contributed by atoms with E-state index in [1.807, 2.05) is 0 Å². The summed E-state index contributed by atoms with van der Waals surface area (Å²) in [7, 11) is 0. The highest BCUT2D eigenvalue weighted by atomic mass is 19.1. The minimum atomic E-state index is -0.286. The summed E-state index contributed by atoms with van der Waals surface area (Å²) in [6.45, 7) is 4.76. The Kier molecular flexibility index (Phi) is 3.74. The van der Waals surface area contributed by atoms with E-state index < -0.39 is 0 Å². The third-order valence-electron chi connectivity index (χ3n) is 2.06. The van der Waals surface area contributed by atoms with Crippen LogP contribution in [0.4, 0.5) is 4.39 Å². The fourth-order valence-electron chi connectivity index (χ4n) is 0.912. The second-order valence-corrected chi connectivity index (χ2v) is 3.25. The van der Waals surface area contributed by atoms with Gasteiger partial charge in [-0.25, -0.2) is 4.39 Å². The Labute approximate surface area is 78.5 Å². The summed E-state index contributed by atoms with van der Waals surface area (Å²) in [5.74, 6) is 0.535. The summed E-state index contributed by atoms with van der Waals surface area (Å²) in [6, 6.07) is 6.49. The maximum Gasteiger partial charge on any atom is 0.165 e. The van der Waals surface area contributed by atoms with Crippen LogP contribution in [0, 0.1) is 11.7 Å². The number of rotatable bonds is 4. The summed E-state index contributed by atoms with van der Waals surface area (Å²) >= 11 is 0. The summed E-state index contributed by atoms with van der Waals surface area (Å²) < 4.78 is 18.3. The van der Waals surface area contributed by atoms with Crippen molar-refractivity contribution in [1.82, 2.24) is 0 Å². The topological polar surface area (TPSA) is 9.23 Å². The van der Waals surface area contributed by atoms with Gasteiger partial charge in [-0.1, -0.05) is 32.4 Å². The van der Waals surface area contributed by atoms with Crippen LogP contribution in [0.15, 0.2) is 24.3 Å². The first-order valence-electron chi connectivity index (χ1n) is 4.61. The number of para-hydroxylation sites is 1. The second-order valence-electron chi connectivity index (χ2n) is 3.25. The highest BCUT2D eigenvalue weighted by molar-refractivity contribution is 5.23. The van der Waals surface area contributed by atoms with Gasteiger partial charge in [-0.05, 0) is 18.1 Å². The molecule has 0 fully saturated rings. The standard InChI is InChI=1S/C11H15FO/c1-3-9(2)8-13-11-7-5-4-6-10(11)12/h4-7,9H,3,8H2,1-2H3. The van der Waals surface area contributed by atoms with Gasteiger partial charge in [0.05, 0.1) is 6.61 Å². The molecule has 0 bridgehead atoms. The zero-order chi connectivity index (χ0) is 9.68. The molecule has 0 aliphatic heterocycles. The van der Waals surface area contributed by atoms with Gasteiger partial charge < -0.3 is 4.74 Å². The normalized spacial score (nSPS) is 12.5. The van der Waals surface area contributed by atoms with Crippen LogP contribution in [-0.2, 0) is 0 Å². The average Bonchev–Trinajstić information content (AvgIpc) is 2.16. The van der Waals surface area contributed by atoms with E-state index in [2.05, 4.69) is 13.8 Å². The molecule has 0 radical (unpaired) electrons. The molecular formula is C11H15FO. The van der Waals surface area contributed by atoms with Crippen molar-refractivity contribution in [3.63, 3.8) is 0 Å². The largest absolute Gasteiger partial charge is 0.490 e. The van der Waals surface area contributed by atoms with Crippen molar-refractivity contribution in [1.29, 1.82) is 0 Å². The van der Waals surface area contributed by atoms with Crippen LogP contribution in [0.2, 0.25) is 0 Å². The molecule has 1 unspecified atom stereocenters. The van der Waals surface area contributed by atoms with Crippen LogP contribution < -0.4 is 4.74 Å². The Morgan fingerprint density at radius 2 is 2.08 bits per heavy atom. The fraction of sp³-hybridized carbons (Fsp3) is 0.455. The molecule has 0 aliphatic carbocycles. The maximum atomic E-state index is 13.0. The lowest BCUT2D eigenvalue weighted by molar-refractivity contribution is 0.246. The summed E-state index contributed by atoms with van der Waals surface area (Å²) in [5.41, 5.74) is 0. The van der Waals surface area contributed by atoms with Gasteiger partial charge in [0, 0.05) is 0 Å². The summed E-state index contributed by atoms with van der Waals surface area (Å²) in [6.07, 6.45) is 1.05. The number of hydrogen-bond donors (Lipinski definition) is 0. The van der Waals surface area contributed by atoms with Gasteiger partial charge in [-0.3, -0.25) is 0 Å². The molecule has 1 nitrogen and oxygen atoms in total. The minimum Gasteiger partial charge on any atom is -0.490 e. The Morgan fingerprint density at radius 3 is 2.69 bits per heavy atom. The molecule has 0 N–H and O–H groups in total. The van der Waals surface area contributed by atoms with E-state index >= 15 is 0 Å². The Bertz CT molecular complexity index is 260. The Morgan fingerprint density at radius 1 is 1.38 bits per heavy atom. The first-order chi connectivity index (χ1) is 6.24. The van der Waals surface area contributed by atoms with E-state index in [1.54, 1.807) is 18.2 Å². The smallest absolute Gasteiger partial charge is 0.165 e. The van der Waals surface area contributed by atoms with Gasteiger partial charge in [0.15, 0.2) is 11.6 Å². The second kappa shape index (κ2) is 4.85. The molecule has 0 aromatic heterocycles. The van der Waals surface area contributed by atoms with Crippen molar-refractivity contribution in [3.8, 4) is 5.75 Å². The van der Waals surface area contributed by atoms with Crippen LogP contribution in [0.1, 0.15) is 20.3 Å². The van der Waals surface area contributed by atoms with Crippen molar-refractivity contribution in [2.45, 2.75) is 20.3 Å². The van der Waals surface area contributed by atoms with Gasteiger partial charge in [0.1, 0.15) is 0 Å². The molecule has 0 heterocycles. The van der Waals surface area contributed by atoms with E-state index in [1.165, 1.54) is 6.07 Å². The quantitative estimate of drug-likeness (QED) is 0.694. The molecule has 13 heavy (non-hydrogen) atoms. The molecule has 0 saturated heterocycles. The van der Waals surface area contributed by atoms with Gasteiger partial charge in [-0.2, -0.15) is 0 Å². The minimum absolute atomic E-state index is 0.286. The van der Waals surface area contributed by atoms with Crippen LogP contribution in [0.3, 0.4) is 0 Å². The molecule has 0 amide bonds. The van der Waals surface area contributed by atoms with Gasteiger partial charge in [0.25, 0.3) is 0 Å². The van der Waals surface area contributed by atoms with Crippen LogP contribution in [0.25, 0.3) is 0 Å². The molecule has 0 saturated carbocycles. The third kappa shape index (κ3) is 3.05. The van der Waals surface area contributed by atoms with E-state index in [0.717, 1.165) is 6.42 Å². The molecule has 1 rings (SSSR count). The lowest BCUT2D eigenvalue weighted by Crippen LogP contribution is -2.07. The van der Waals surface area contributed by atoms with Gasteiger partial charge in [0.2, 0.25) is 0 Å².